The molecule has 0 bridgehead atoms. The van der Waals surface area contributed by atoms with Crippen molar-refractivity contribution in [3.05, 3.63) is 47.3 Å². The Bertz CT molecular complexity index is 618. The summed E-state index contributed by atoms with van der Waals surface area (Å²) in [5.41, 5.74) is 1.94. The van der Waals surface area contributed by atoms with E-state index < -0.39 is 0 Å². The van der Waals surface area contributed by atoms with Gasteiger partial charge in [-0.05, 0) is 66.7 Å². The third-order valence-corrected chi connectivity index (χ3v) is 5.99. The molecule has 4 atom stereocenters. The van der Waals surface area contributed by atoms with Gasteiger partial charge < -0.3 is 0 Å². The molecule has 1 fully saturated rings. The first-order valence-electron chi connectivity index (χ1n) is 7.61. The van der Waals surface area contributed by atoms with Crippen LogP contribution in [0, 0.1) is 23.1 Å². The van der Waals surface area contributed by atoms with Gasteiger partial charge in [0.1, 0.15) is 5.82 Å². The van der Waals surface area contributed by atoms with Gasteiger partial charge in [-0.15, -0.1) is 0 Å². The maximum atomic E-state index is 14.0. The Balaban J connectivity index is 1.77. The second kappa shape index (κ2) is 4.03. The van der Waals surface area contributed by atoms with E-state index in [4.69, 9.17) is 0 Å². The quantitative estimate of drug-likeness (QED) is 0.695. The van der Waals surface area contributed by atoms with Crippen molar-refractivity contribution in [2.24, 2.45) is 17.3 Å². The molecule has 3 aliphatic rings. The summed E-state index contributed by atoms with van der Waals surface area (Å²) >= 11 is 0. The smallest absolute Gasteiger partial charge is 0.161 e. The predicted octanol–water partition coefficient (Wildman–Crippen LogP) is 4.03. The first-order valence-corrected chi connectivity index (χ1v) is 7.61. The van der Waals surface area contributed by atoms with E-state index in [0.717, 1.165) is 31.2 Å². The molecule has 20 heavy (non-hydrogen) atoms. The minimum absolute atomic E-state index is 0.0488. The highest BCUT2D eigenvalue weighted by Gasteiger charge is 2.52. The minimum Gasteiger partial charge on any atom is -0.294 e. The zero-order valence-electron chi connectivity index (χ0n) is 11.7. The third kappa shape index (κ3) is 1.45. The fourth-order valence-electron chi connectivity index (χ4n) is 4.85. The molecule has 3 unspecified atom stereocenters. The Labute approximate surface area is 118 Å². The molecule has 3 aliphatic carbocycles. The molecule has 0 radical (unpaired) electrons. The lowest BCUT2D eigenvalue weighted by Crippen LogP contribution is -2.43. The van der Waals surface area contributed by atoms with Crippen molar-refractivity contribution in [1.82, 2.24) is 0 Å². The number of halogens is 1. The van der Waals surface area contributed by atoms with Crippen molar-refractivity contribution in [2.75, 3.05) is 0 Å². The fraction of sp³-hybridized carbons (Fsp3) is 0.500. The highest BCUT2D eigenvalue weighted by molar-refractivity contribution is 5.97. The lowest BCUT2D eigenvalue weighted by molar-refractivity contribution is -0.126. The zero-order valence-corrected chi connectivity index (χ0v) is 11.7. The second-order valence-electron chi connectivity index (χ2n) is 6.82. The first kappa shape index (κ1) is 12.3. The molecule has 1 aromatic rings. The fourth-order valence-corrected chi connectivity index (χ4v) is 4.85. The van der Waals surface area contributed by atoms with Crippen molar-refractivity contribution in [2.45, 2.75) is 38.5 Å². The minimum atomic E-state index is -0.188. The molecule has 2 heteroatoms. The van der Waals surface area contributed by atoms with Gasteiger partial charge in [-0.25, -0.2) is 4.39 Å². The van der Waals surface area contributed by atoms with Crippen LogP contribution in [0.4, 0.5) is 4.39 Å². The highest BCUT2D eigenvalue weighted by atomic mass is 19.1. The zero-order chi connectivity index (χ0) is 13.9. The summed E-state index contributed by atoms with van der Waals surface area (Å²) in [6.07, 6.45) is 7.69. The van der Waals surface area contributed by atoms with Crippen LogP contribution in [0.5, 0.6) is 0 Å². The molecule has 1 aromatic carbocycles. The summed E-state index contributed by atoms with van der Waals surface area (Å²) in [5, 5.41) is 0. The summed E-state index contributed by atoms with van der Waals surface area (Å²) in [6.45, 7) is 2.12. The van der Waals surface area contributed by atoms with E-state index in [2.05, 4.69) is 19.1 Å². The standard InChI is InChI=1S/C18H19FO/c1-18-10-9-12-11-3-2-4-16(19)14(11)6-5-13(12)15(18)7-8-17(18)20/h2-4,7-8,12-13,15H,5-6,9-10H2,1H3/t12?,13?,15?,18-/m0/s1. The van der Waals surface area contributed by atoms with Gasteiger partial charge in [0.25, 0.3) is 0 Å². The van der Waals surface area contributed by atoms with Crippen LogP contribution in [0.1, 0.15) is 43.2 Å². The Morgan fingerprint density at radius 2 is 2.15 bits per heavy atom. The van der Waals surface area contributed by atoms with E-state index in [1.165, 1.54) is 5.56 Å². The molecule has 1 saturated carbocycles. The van der Waals surface area contributed by atoms with Crippen LogP contribution in [-0.4, -0.2) is 5.78 Å². The largest absolute Gasteiger partial charge is 0.294 e. The van der Waals surface area contributed by atoms with Gasteiger partial charge in [-0.1, -0.05) is 25.1 Å². The third-order valence-electron chi connectivity index (χ3n) is 5.99. The average molecular weight is 270 g/mol. The van der Waals surface area contributed by atoms with Gasteiger partial charge in [-0.2, -0.15) is 0 Å². The lowest BCUT2D eigenvalue weighted by atomic mass is 9.55. The van der Waals surface area contributed by atoms with Crippen molar-refractivity contribution < 1.29 is 9.18 Å². The summed E-state index contributed by atoms with van der Waals surface area (Å²) < 4.78 is 14.0. The number of carbonyl (C=O) groups excluding carboxylic acids is 1. The Hall–Kier alpha value is -1.44. The number of rotatable bonds is 0. The van der Waals surface area contributed by atoms with Crippen molar-refractivity contribution in [3.8, 4) is 0 Å². The maximum absolute atomic E-state index is 14.0. The second-order valence-corrected chi connectivity index (χ2v) is 6.82. The Morgan fingerprint density at radius 3 is 3.00 bits per heavy atom. The van der Waals surface area contributed by atoms with E-state index in [1.54, 1.807) is 12.1 Å². The van der Waals surface area contributed by atoms with Gasteiger partial charge in [0.2, 0.25) is 0 Å². The average Bonchev–Trinajstić information content (AvgIpc) is 2.75. The predicted molar refractivity (Wildman–Crippen MR) is 75.9 cm³/mol. The molecule has 0 N–H and O–H groups in total. The topological polar surface area (TPSA) is 17.1 Å². The van der Waals surface area contributed by atoms with Crippen LogP contribution in [0.15, 0.2) is 30.4 Å². The van der Waals surface area contributed by atoms with Crippen LogP contribution in [0.2, 0.25) is 0 Å². The number of ketones is 1. The molecular weight excluding hydrogens is 251 g/mol. The SMILES string of the molecule is C[C@]12CCC3c4cccc(F)c4CCC3C1C=CC2=O. The molecule has 0 saturated heterocycles. The molecule has 104 valence electrons. The van der Waals surface area contributed by atoms with Gasteiger partial charge >= 0.3 is 0 Å². The first-order chi connectivity index (χ1) is 9.61. The number of hydrogen-bond donors (Lipinski definition) is 0. The van der Waals surface area contributed by atoms with Gasteiger partial charge in [0.15, 0.2) is 5.78 Å². The number of benzene rings is 1. The molecule has 1 nitrogen and oxygen atoms in total. The molecule has 0 spiro atoms. The van der Waals surface area contributed by atoms with Crippen LogP contribution in [0.3, 0.4) is 0 Å². The monoisotopic (exact) mass is 270 g/mol. The molecule has 4 rings (SSSR count). The normalized spacial score (nSPS) is 38.3. The number of allylic oxidation sites excluding steroid dienone is 2. The molecule has 0 heterocycles. The van der Waals surface area contributed by atoms with E-state index in [1.807, 2.05) is 6.07 Å². The number of hydrogen-bond acceptors (Lipinski definition) is 1. The van der Waals surface area contributed by atoms with Crippen molar-refractivity contribution >= 4 is 5.78 Å². The highest BCUT2D eigenvalue weighted by Crippen LogP contribution is 2.57. The van der Waals surface area contributed by atoms with Crippen molar-refractivity contribution in [1.29, 1.82) is 0 Å². The van der Waals surface area contributed by atoms with Crippen LogP contribution in [0.25, 0.3) is 0 Å². The Kier molecular flexibility index (Phi) is 2.48. The summed E-state index contributed by atoms with van der Waals surface area (Å²) in [6, 6.07) is 5.50. The van der Waals surface area contributed by atoms with Gasteiger partial charge in [-0.3, -0.25) is 4.79 Å². The van der Waals surface area contributed by atoms with Crippen LogP contribution < -0.4 is 0 Å². The number of fused-ring (bicyclic) bond motifs is 5. The maximum Gasteiger partial charge on any atom is 0.161 e. The summed E-state index contributed by atoms with van der Waals surface area (Å²) in [7, 11) is 0. The van der Waals surface area contributed by atoms with Gasteiger partial charge in [0, 0.05) is 5.41 Å². The van der Waals surface area contributed by atoms with Crippen LogP contribution >= 0.6 is 0 Å². The van der Waals surface area contributed by atoms with E-state index in [9.17, 15) is 9.18 Å². The summed E-state index contributed by atoms with van der Waals surface area (Å²) in [5.74, 6) is 1.54. The van der Waals surface area contributed by atoms with Crippen LogP contribution in [-0.2, 0) is 11.2 Å². The van der Waals surface area contributed by atoms with E-state index in [-0.39, 0.29) is 11.2 Å². The summed E-state index contributed by atoms with van der Waals surface area (Å²) in [4.78, 5) is 12.2. The Morgan fingerprint density at radius 1 is 1.30 bits per heavy atom. The van der Waals surface area contributed by atoms with Gasteiger partial charge in [0.05, 0.1) is 0 Å². The molecular formula is C18H19FO. The molecule has 0 aromatic heterocycles. The lowest BCUT2D eigenvalue weighted by Gasteiger charge is -2.48. The molecule has 0 aliphatic heterocycles. The molecule has 0 amide bonds. The van der Waals surface area contributed by atoms with E-state index in [0.29, 0.717) is 23.5 Å². The van der Waals surface area contributed by atoms with E-state index >= 15 is 0 Å². The van der Waals surface area contributed by atoms with Crippen molar-refractivity contribution in [3.63, 3.8) is 0 Å². The number of carbonyl (C=O) groups is 1.